The van der Waals surface area contributed by atoms with Crippen LogP contribution in [0.4, 0.5) is 17.1 Å². The zero-order valence-corrected chi connectivity index (χ0v) is 28.6. The van der Waals surface area contributed by atoms with Crippen LogP contribution in [0.5, 0.6) is 5.75 Å². The Labute approximate surface area is 287 Å². The Morgan fingerprint density at radius 2 is 1.78 bits per heavy atom. The second-order valence-electron chi connectivity index (χ2n) is 10.1. The minimum Gasteiger partial charge on any atom is -0.494 e. The van der Waals surface area contributed by atoms with Crippen LogP contribution in [0.2, 0.25) is 10.0 Å². The van der Waals surface area contributed by atoms with Crippen molar-refractivity contribution in [2.24, 2.45) is 4.99 Å². The largest absolute Gasteiger partial charge is 0.494 e. The fourth-order valence-electron chi connectivity index (χ4n) is 4.54. The Balaban J connectivity index is 1.34. The van der Waals surface area contributed by atoms with Crippen LogP contribution in [-0.4, -0.2) is 27.6 Å². The molecule has 5 aromatic rings. The number of nitrogens with zero attached hydrogens (tertiary/aromatic N) is 4. The lowest BCUT2D eigenvalue weighted by atomic mass is 10.1. The van der Waals surface area contributed by atoms with Crippen molar-refractivity contribution in [3.8, 4) is 5.75 Å². The van der Waals surface area contributed by atoms with E-state index in [-0.39, 0.29) is 11.6 Å². The first-order valence-electron chi connectivity index (χ1n) is 13.9. The summed E-state index contributed by atoms with van der Waals surface area (Å²) in [5, 5.41) is 13.6. The number of hydrogen-bond acceptors (Lipinski definition) is 9. The lowest BCUT2D eigenvalue weighted by molar-refractivity contribution is -0.387. The standard InChI is InChI=1S/C33H24Cl2N4O4S3/c1-4-43-23-10-11-26-29(17-23)46-33(37-26)45-28-12-7-20(13-27(28)39(41)42)14-30-31(40)38(22-9-6-19(3)25(35)16-22)32(44-30)36-21-8-5-18(2)24(34)15-21/h5-17H,4H2,1-3H3/b30-14-,36-32?. The number of thiazole rings is 1. The Bertz CT molecular complexity index is 2100. The SMILES string of the molecule is CCOc1ccc2nc(Sc3ccc(/C=C4\SC(=Nc5ccc(C)c(Cl)c5)N(c5ccc(C)c(Cl)c5)C4=O)cc3[N+](=O)[O-])sc2c1. The second-order valence-corrected chi connectivity index (χ2v) is 14.3. The molecule has 1 amide bonds. The van der Waals surface area contributed by atoms with Crippen molar-refractivity contribution in [2.75, 3.05) is 11.5 Å². The van der Waals surface area contributed by atoms with Crippen molar-refractivity contribution < 1.29 is 14.5 Å². The van der Waals surface area contributed by atoms with E-state index in [1.807, 2.05) is 57.2 Å². The number of aliphatic imine (C=N–C) groups is 1. The minimum absolute atomic E-state index is 0.0885. The fraction of sp³-hybridized carbons (Fsp3) is 0.121. The number of aromatic nitrogens is 1. The van der Waals surface area contributed by atoms with Gasteiger partial charge >= 0.3 is 0 Å². The summed E-state index contributed by atoms with van der Waals surface area (Å²) in [7, 11) is 0. The molecule has 232 valence electrons. The number of amides is 1. The Morgan fingerprint density at radius 1 is 1.02 bits per heavy atom. The maximum absolute atomic E-state index is 13.8. The highest BCUT2D eigenvalue weighted by molar-refractivity contribution is 8.19. The van der Waals surface area contributed by atoms with E-state index in [4.69, 9.17) is 32.9 Å². The van der Waals surface area contributed by atoms with Crippen molar-refractivity contribution >= 4 is 102 Å². The molecular formula is C33H24Cl2N4O4S3. The number of thioether (sulfide) groups is 1. The van der Waals surface area contributed by atoms with E-state index in [9.17, 15) is 14.9 Å². The van der Waals surface area contributed by atoms with Crippen LogP contribution in [0.1, 0.15) is 23.6 Å². The molecule has 6 rings (SSSR count). The van der Waals surface area contributed by atoms with Gasteiger partial charge in [0.15, 0.2) is 9.51 Å². The first-order chi connectivity index (χ1) is 22.1. The van der Waals surface area contributed by atoms with Gasteiger partial charge in [0.1, 0.15) is 5.75 Å². The second kappa shape index (κ2) is 13.5. The van der Waals surface area contributed by atoms with Gasteiger partial charge < -0.3 is 4.74 Å². The van der Waals surface area contributed by atoms with Gasteiger partial charge in [0.2, 0.25) is 0 Å². The molecule has 1 fully saturated rings. The number of carbonyl (C=O) groups is 1. The van der Waals surface area contributed by atoms with Crippen molar-refractivity contribution in [1.82, 2.24) is 4.98 Å². The third-order valence-electron chi connectivity index (χ3n) is 6.93. The zero-order valence-electron chi connectivity index (χ0n) is 24.6. The smallest absolute Gasteiger partial charge is 0.283 e. The van der Waals surface area contributed by atoms with Crippen LogP contribution in [0.15, 0.2) is 91.9 Å². The number of halogens is 2. The molecule has 0 unspecified atom stereocenters. The quantitative estimate of drug-likeness (QED) is 0.0899. The van der Waals surface area contributed by atoms with Gasteiger partial charge in [-0.25, -0.2) is 9.98 Å². The fourth-order valence-corrected chi connectivity index (χ4v) is 8.03. The number of anilines is 1. The lowest BCUT2D eigenvalue weighted by Gasteiger charge is -2.16. The van der Waals surface area contributed by atoms with Crippen molar-refractivity contribution in [2.45, 2.75) is 30.0 Å². The molecule has 8 nitrogen and oxygen atoms in total. The number of aryl methyl sites for hydroxylation is 2. The lowest BCUT2D eigenvalue weighted by Crippen LogP contribution is -2.28. The highest BCUT2D eigenvalue weighted by Gasteiger charge is 2.35. The summed E-state index contributed by atoms with van der Waals surface area (Å²) in [4.78, 5) is 37.2. The molecule has 1 aliphatic rings. The molecule has 1 aromatic heterocycles. The molecule has 1 aliphatic heterocycles. The molecule has 0 aliphatic carbocycles. The number of carbonyl (C=O) groups excluding carboxylic acids is 1. The van der Waals surface area contributed by atoms with Gasteiger partial charge in [0.25, 0.3) is 11.6 Å². The summed E-state index contributed by atoms with van der Waals surface area (Å²) in [5.41, 5.74) is 4.11. The molecule has 46 heavy (non-hydrogen) atoms. The number of amidine groups is 1. The van der Waals surface area contributed by atoms with E-state index in [0.717, 1.165) is 27.1 Å². The normalized spacial score (nSPS) is 15.0. The van der Waals surface area contributed by atoms with E-state index in [1.54, 1.807) is 36.4 Å². The van der Waals surface area contributed by atoms with E-state index in [1.165, 1.54) is 45.8 Å². The average molecular weight is 708 g/mol. The molecule has 13 heteroatoms. The Hall–Kier alpha value is -3.87. The average Bonchev–Trinajstić information content (AvgIpc) is 3.56. The van der Waals surface area contributed by atoms with Crippen LogP contribution in [0.3, 0.4) is 0 Å². The topological polar surface area (TPSA) is 97.9 Å². The molecule has 2 heterocycles. The maximum Gasteiger partial charge on any atom is 0.283 e. The molecule has 1 saturated heterocycles. The van der Waals surface area contributed by atoms with E-state index < -0.39 is 4.92 Å². The first-order valence-corrected chi connectivity index (χ1v) is 17.1. The summed E-state index contributed by atoms with van der Waals surface area (Å²) in [5.74, 6) is 0.418. The molecule has 0 N–H and O–H groups in total. The number of nitro groups is 1. The molecule has 0 spiro atoms. The van der Waals surface area contributed by atoms with E-state index in [0.29, 0.717) is 52.9 Å². The number of benzene rings is 4. The number of nitro benzene ring substituents is 1. The van der Waals surface area contributed by atoms with Crippen LogP contribution < -0.4 is 9.64 Å². The van der Waals surface area contributed by atoms with Gasteiger partial charge in [-0.05, 0) is 104 Å². The Morgan fingerprint density at radius 3 is 2.50 bits per heavy atom. The van der Waals surface area contributed by atoms with Gasteiger partial charge in [-0.1, -0.05) is 53.2 Å². The number of rotatable bonds is 8. The summed E-state index contributed by atoms with van der Waals surface area (Å²) in [6.07, 6.45) is 1.63. The van der Waals surface area contributed by atoms with Gasteiger partial charge in [0, 0.05) is 16.1 Å². The molecule has 4 aromatic carbocycles. The van der Waals surface area contributed by atoms with Gasteiger partial charge in [-0.3, -0.25) is 19.8 Å². The minimum atomic E-state index is -0.427. The summed E-state index contributed by atoms with van der Waals surface area (Å²) in [6.45, 7) is 6.25. The molecular weight excluding hydrogens is 683 g/mol. The van der Waals surface area contributed by atoms with E-state index >= 15 is 0 Å². The highest BCUT2D eigenvalue weighted by atomic mass is 35.5. The predicted octanol–water partition coefficient (Wildman–Crippen LogP) is 10.5. The first kappa shape index (κ1) is 32.1. The van der Waals surface area contributed by atoms with E-state index in [2.05, 4.69) is 4.98 Å². The van der Waals surface area contributed by atoms with Gasteiger partial charge in [-0.2, -0.15) is 0 Å². The zero-order chi connectivity index (χ0) is 32.5. The maximum atomic E-state index is 13.8. The van der Waals surface area contributed by atoms with Crippen LogP contribution in [0.25, 0.3) is 16.3 Å². The van der Waals surface area contributed by atoms with Crippen molar-refractivity contribution in [3.63, 3.8) is 0 Å². The molecule has 0 atom stereocenters. The van der Waals surface area contributed by atoms with Crippen LogP contribution in [0, 0.1) is 24.0 Å². The summed E-state index contributed by atoms with van der Waals surface area (Å²) < 4.78 is 7.18. The Kier molecular flexibility index (Phi) is 9.39. The molecule has 0 saturated carbocycles. The number of fused-ring (bicyclic) bond motifs is 1. The van der Waals surface area contributed by atoms with Crippen LogP contribution >= 0.6 is 58.1 Å². The van der Waals surface area contributed by atoms with Crippen molar-refractivity contribution in [1.29, 1.82) is 0 Å². The molecule has 0 radical (unpaired) electrons. The third kappa shape index (κ3) is 6.79. The van der Waals surface area contributed by atoms with Crippen molar-refractivity contribution in [3.05, 3.63) is 115 Å². The predicted molar refractivity (Wildman–Crippen MR) is 191 cm³/mol. The molecule has 0 bridgehead atoms. The van der Waals surface area contributed by atoms with Crippen LogP contribution in [-0.2, 0) is 4.79 Å². The third-order valence-corrected chi connectivity index (χ3v) is 10.9. The van der Waals surface area contributed by atoms with Gasteiger partial charge in [-0.15, -0.1) is 11.3 Å². The highest BCUT2D eigenvalue weighted by Crippen LogP contribution is 2.42. The monoisotopic (exact) mass is 706 g/mol. The summed E-state index contributed by atoms with van der Waals surface area (Å²) in [6, 6.07) is 21.3. The number of ether oxygens (including phenoxy) is 1. The summed E-state index contributed by atoms with van der Waals surface area (Å²) >= 11 is 16.6. The van der Waals surface area contributed by atoms with Gasteiger partial charge in [0.05, 0.1) is 42.9 Å². The number of hydrogen-bond donors (Lipinski definition) is 0.